The number of likely N-dealkylation sites (tertiary alicyclic amines) is 1. The minimum atomic E-state index is -0.122. The van der Waals surface area contributed by atoms with E-state index in [4.69, 9.17) is 9.47 Å². The van der Waals surface area contributed by atoms with Crippen LogP contribution in [0.15, 0.2) is 0 Å². The standard InChI is InChI=1S/C10H19NO3.C2H6/c1-3-14-10(12)8-11-6-4-9(13-2)5-7-11;1-2/h9H,3-8H2,1-2H3;1-2H3. The van der Waals surface area contributed by atoms with Gasteiger partial charge < -0.3 is 9.47 Å². The number of ether oxygens (including phenoxy) is 2. The second-order valence-corrected chi connectivity index (χ2v) is 3.52. The highest BCUT2D eigenvalue weighted by Crippen LogP contribution is 2.12. The van der Waals surface area contributed by atoms with Crippen molar-refractivity contribution in [3.8, 4) is 0 Å². The van der Waals surface area contributed by atoms with Crippen LogP contribution in [0.25, 0.3) is 0 Å². The third-order valence-electron chi connectivity index (χ3n) is 2.53. The Bertz CT molecular complexity index is 177. The molecule has 0 aliphatic carbocycles. The molecule has 0 aromatic rings. The molecule has 0 radical (unpaired) electrons. The molecule has 0 aromatic heterocycles. The lowest BCUT2D eigenvalue weighted by Gasteiger charge is -2.30. The van der Waals surface area contributed by atoms with Crippen LogP contribution >= 0.6 is 0 Å². The number of nitrogens with zero attached hydrogens (tertiary/aromatic N) is 1. The van der Waals surface area contributed by atoms with Crippen molar-refractivity contribution in [3.63, 3.8) is 0 Å². The molecule has 0 unspecified atom stereocenters. The normalized spacial score (nSPS) is 17.5. The molecule has 1 heterocycles. The fraction of sp³-hybridized carbons (Fsp3) is 0.917. The predicted molar refractivity (Wildman–Crippen MR) is 64.5 cm³/mol. The van der Waals surface area contributed by atoms with Gasteiger partial charge in [0.15, 0.2) is 0 Å². The topological polar surface area (TPSA) is 38.8 Å². The van der Waals surface area contributed by atoms with Crippen molar-refractivity contribution in [3.05, 3.63) is 0 Å². The highest BCUT2D eigenvalue weighted by Gasteiger charge is 2.20. The van der Waals surface area contributed by atoms with Gasteiger partial charge in [0.2, 0.25) is 0 Å². The van der Waals surface area contributed by atoms with Gasteiger partial charge in [0.25, 0.3) is 0 Å². The first-order valence-electron chi connectivity index (χ1n) is 6.17. The molecule has 0 aromatic carbocycles. The van der Waals surface area contributed by atoms with E-state index < -0.39 is 0 Å². The van der Waals surface area contributed by atoms with Crippen LogP contribution in [0.3, 0.4) is 0 Å². The van der Waals surface area contributed by atoms with Gasteiger partial charge in [0.1, 0.15) is 0 Å². The number of hydrogen-bond donors (Lipinski definition) is 0. The monoisotopic (exact) mass is 231 g/mol. The summed E-state index contributed by atoms with van der Waals surface area (Å²) in [7, 11) is 1.74. The number of piperidine rings is 1. The summed E-state index contributed by atoms with van der Waals surface area (Å²) < 4.78 is 10.1. The van der Waals surface area contributed by atoms with Gasteiger partial charge in [-0.1, -0.05) is 13.8 Å². The maximum Gasteiger partial charge on any atom is 0.320 e. The third-order valence-corrected chi connectivity index (χ3v) is 2.53. The van der Waals surface area contributed by atoms with Gasteiger partial charge in [-0.3, -0.25) is 9.69 Å². The average molecular weight is 231 g/mol. The zero-order valence-electron chi connectivity index (χ0n) is 11.0. The van der Waals surface area contributed by atoms with Crippen molar-refractivity contribution in [1.29, 1.82) is 0 Å². The van der Waals surface area contributed by atoms with Crippen LogP contribution in [0.2, 0.25) is 0 Å². The van der Waals surface area contributed by atoms with Crippen LogP contribution in [-0.2, 0) is 14.3 Å². The highest BCUT2D eigenvalue weighted by molar-refractivity contribution is 5.71. The molecule has 1 saturated heterocycles. The second kappa shape index (κ2) is 9.60. The van der Waals surface area contributed by atoms with Crippen molar-refractivity contribution in [1.82, 2.24) is 4.90 Å². The summed E-state index contributed by atoms with van der Waals surface area (Å²) in [6.07, 6.45) is 2.39. The molecule has 4 heteroatoms. The van der Waals surface area contributed by atoms with E-state index in [2.05, 4.69) is 4.90 Å². The molecule has 0 spiro atoms. The Labute approximate surface area is 98.9 Å². The Morgan fingerprint density at radius 3 is 2.31 bits per heavy atom. The molecule has 1 aliphatic rings. The van der Waals surface area contributed by atoms with E-state index in [1.165, 1.54) is 0 Å². The molecule has 4 nitrogen and oxygen atoms in total. The maximum atomic E-state index is 11.2. The Hall–Kier alpha value is -0.610. The Morgan fingerprint density at radius 2 is 1.88 bits per heavy atom. The first-order chi connectivity index (χ1) is 7.76. The van der Waals surface area contributed by atoms with Crippen LogP contribution < -0.4 is 0 Å². The van der Waals surface area contributed by atoms with Crippen LogP contribution in [0.4, 0.5) is 0 Å². The third kappa shape index (κ3) is 6.08. The van der Waals surface area contributed by atoms with Crippen molar-refractivity contribution >= 4 is 5.97 Å². The summed E-state index contributed by atoms with van der Waals surface area (Å²) in [5.41, 5.74) is 0. The number of carbonyl (C=O) groups excluding carboxylic acids is 1. The average Bonchev–Trinajstić information content (AvgIpc) is 2.33. The van der Waals surface area contributed by atoms with Crippen molar-refractivity contribution < 1.29 is 14.3 Å². The number of rotatable bonds is 4. The van der Waals surface area contributed by atoms with E-state index in [1.54, 1.807) is 7.11 Å². The summed E-state index contributed by atoms with van der Waals surface area (Å²) in [6.45, 7) is 8.57. The quantitative estimate of drug-likeness (QED) is 0.690. The van der Waals surface area contributed by atoms with Gasteiger partial charge in [0.05, 0.1) is 19.3 Å². The fourth-order valence-corrected chi connectivity index (χ4v) is 1.69. The molecule has 1 aliphatic heterocycles. The van der Waals surface area contributed by atoms with Gasteiger partial charge in [0, 0.05) is 20.2 Å². The lowest BCUT2D eigenvalue weighted by atomic mass is 10.1. The van der Waals surface area contributed by atoms with Crippen LogP contribution in [0, 0.1) is 0 Å². The van der Waals surface area contributed by atoms with Gasteiger partial charge >= 0.3 is 5.97 Å². The maximum absolute atomic E-state index is 11.2. The van der Waals surface area contributed by atoms with Crippen molar-refractivity contribution in [2.75, 3.05) is 33.4 Å². The van der Waals surface area contributed by atoms with E-state index in [-0.39, 0.29) is 5.97 Å². The lowest BCUT2D eigenvalue weighted by Crippen LogP contribution is -2.40. The summed E-state index contributed by atoms with van der Waals surface area (Å²) >= 11 is 0. The number of hydrogen-bond acceptors (Lipinski definition) is 4. The van der Waals surface area contributed by atoms with E-state index in [0.717, 1.165) is 25.9 Å². The summed E-state index contributed by atoms with van der Waals surface area (Å²) in [5.74, 6) is -0.122. The minimum absolute atomic E-state index is 0.122. The first kappa shape index (κ1) is 15.4. The van der Waals surface area contributed by atoms with Crippen molar-refractivity contribution in [2.45, 2.75) is 39.7 Å². The number of carbonyl (C=O) groups is 1. The molecule has 0 atom stereocenters. The van der Waals surface area contributed by atoms with Gasteiger partial charge in [-0.25, -0.2) is 0 Å². The molecule has 0 saturated carbocycles. The summed E-state index contributed by atoms with van der Waals surface area (Å²) in [5, 5.41) is 0. The molecule has 96 valence electrons. The van der Waals surface area contributed by atoms with E-state index in [1.807, 2.05) is 20.8 Å². The second-order valence-electron chi connectivity index (χ2n) is 3.52. The SMILES string of the molecule is CC.CCOC(=O)CN1CCC(OC)CC1. The minimum Gasteiger partial charge on any atom is -0.465 e. The van der Waals surface area contributed by atoms with E-state index in [0.29, 0.717) is 19.3 Å². The van der Waals surface area contributed by atoms with Gasteiger partial charge in [-0.15, -0.1) is 0 Å². The molecule has 16 heavy (non-hydrogen) atoms. The van der Waals surface area contributed by atoms with Crippen LogP contribution in [-0.4, -0.2) is 50.3 Å². The molecule has 1 fully saturated rings. The molecular formula is C12H25NO3. The van der Waals surface area contributed by atoms with Crippen molar-refractivity contribution in [2.24, 2.45) is 0 Å². The largest absolute Gasteiger partial charge is 0.465 e. The molecular weight excluding hydrogens is 206 g/mol. The Morgan fingerprint density at radius 1 is 1.31 bits per heavy atom. The smallest absolute Gasteiger partial charge is 0.320 e. The lowest BCUT2D eigenvalue weighted by molar-refractivity contribution is -0.145. The van der Waals surface area contributed by atoms with Gasteiger partial charge in [-0.2, -0.15) is 0 Å². The zero-order chi connectivity index (χ0) is 12.4. The van der Waals surface area contributed by atoms with E-state index >= 15 is 0 Å². The highest BCUT2D eigenvalue weighted by atomic mass is 16.5. The van der Waals surface area contributed by atoms with Crippen LogP contribution in [0.5, 0.6) is 0 Å². The summed E-state index contributed by atoms with van der Waals surface area (Å²) in [4.78, 5) is 13.3. The Balaban J connectivity index is 0.00000106. The summed E-state index contributed by atoms with van der Waals surface area (Å²) in [6, 6.07) is 0. The number of methoxy groups -OCH3 is 1. The Kier molecular flexibility index (Phi) is 9.24. The zero-order valence-corrected chi connectivity index (χ0v) is 11.0. The molecule has 0 N–H and O–H groups in total. The number of esters is 1. The molecule has 0 bridgehead atoms. The molecule has 0 amide bonds. The van der Waals surface area contributed by atoms with Crippen LogP contribution in [0.1, 0.15) is 33.6 Å². The van der Waals surface area contributed by atoms with Gasteiger partial charge in [-0.05, 0) is 19.8 Å². The fourth-order valence-electron chi connectivity index (χ4n) is 1.69. The first-order valence-corrected chi connectivity index (χ1v) is 6.17. The predicted octanol–water partition coefficient (Wildman–Crippen LogP) is 1.69. The van der Waals surface area contributed by atoms with E-state index in [9.17, 15) is 4.79 Å². The molecule has 1 rings (SSSR count).